The fraction of sp³-hybridized carbons (Fsp3) is 0.538. The van der Waals surface area contributed by atoms with Crippen molar-refractivity contribution >= 4 is 15.7 Å². The molecular formula is C13H18N2O5S. The van der Waals surface area contributed by atoms with Crippen LogP contribution in [0.2, 0.25) is 0 Å². The van der Waals surface area contributed by atoms with Crippen LogP contribution in [0.3, 0.4) is 0 Å². The summed E-state index contributed by atoms with van der Waals surface area (Å²) < 4.78 is 26.8. The molecule has 1 aromatic carbocycles. The molecule has 0 radical (unpaired) electrons. The summed E-state index contributed by atoms with van der Waals surface area (Å²) in [4.78, 5) is 10.2. The van der Waals surface area contributed by atoms with E-state index in [1.165, 1.54) is 6.07 Å². The quantitative estimate of drug-likeness (QED) is 0.630. The van der Waals surface area contributed by atoms with Gasteiger partial charge in [0.15, 0.2) is 0 Å². The zero-order valence-electron chi connectivity index (χ0n) is 11.9. The van der Waals surface area contributed by atoms with Crippen molar-refractivity contribution in [1.29, 1.82) is 0 Å². The first-order valence-electron chi connectivity index (χ1n) is 6.62. The highest BCUT2D eigenvalue weighted by molar-refractivity contribution is 7.89. The Morgan fingerprint density at radius 2 is 2.00 bits per heavy atom. The van der Waals surface area contributed by atoms with E-state index in [1.807, 2.05) is 0 Å². The van der Waals surface area contributed by atoms with Crippen molar-refractivity contribution in [3.8, 4) is 0 Å². The fourth-order valence-electron chi connectivity index (χ4n) is 2.23. The van der Waals surface area contributed by atoms with Gasteiger partial charge in [-0.2, -0.15) is 0 Å². The Morgan fingerprint density at radius 1 is 1.38 bits per heavy atom. The molecule has 0 unspecified atom stereocenters. The van der Waals surface area contributed by atoms with Gasteiger partial charge in [-0.05, 0) is 44.7 Å². The number of hydrogen-bond acceptors (Lipinski definition) is 5. The van der Waals surface area contributed by atoms with Crippen molar-refractivity contribution in [1.82, 2.24) is 4.72 Å². The Hall–Kier alpha value is -1.51. The van der Waals surface area contributed by atoms with Gasteiger partial charge in [0.2, 0.25) is 10.0 Å². The van der Waals surface area contributed by atoms with Crippen LogP contribution < -0.4 is 4.72 Å². The SMILES string of the molecule is Cc1cc(S(=O)(=O)NCC2(O)CCC2)cc([N+](=O)[O-])c1C. The van der Waals surface area contributed by atoms with E-state index in [4.69, 9.17) is 0 Å². The predicted molar refractivity (Wildman–Crippen MR) is 76.6 cm³/mol. The van der Waals surface area contributed by atoms with E-state index in [0.29, 0.717) is 24.0 Å². The Kier molecular flexibility index (Phi) is 4.05. The first kappa shape index (κ1) is 15.9. The third-order valence-corrected chi connectivity index (χ3v) is 5.38. The molecule has 21 heavy (non-hydrogen) atoms. The van der Waals surface area contributed by atoms with Gasteiger partial charge in [0.05, 0.1) is 15.4 Å². The largest absolute Gasteiger partial charge is 0.389 e. The number of benzene rings is 1. The maximum atomic E-state index is 12.2. The Bertz CT molecular complexity index is 680. The van der Waals surface area contributed by atoms with Crippen molar-refractivity contribution in [2.24, 2.45) is 0 Å². The monoisotopic (exact) mass is 314 g/mol. The summed E-state index contributed by atoms with van der Waals surface area (Å²) >= 11 is 0. The highest BCUT2D eigenvalue weighted by Gasteiger charge is 2.35. The van der Waals surface area contributed by atoms with Gasteiger partial charge in [-0.1, -0.05) is 0 Å². The van der Waals surface area contributed by atoms with Crippen LogP contribution in [0.1, 0.15) is 30.4 Å². The Morgan fingerprint density at radius 3 is 2.48 bits per heavy atom. The highest BCUT2D eigenvalue weighted by atomic mass is 32.2. The molecule has 7 nitrogen and oxygen atoms in total. The Labute approximate surface area is 123 Å². The van der Waals surface area contributed by atoms with E-state index >= 15 is 0 Å². The van der Waals surface area contributed by atoms with Crippen molar-refractivity contribution in [3.05, 3.63) is 33.4 Å². The second kappa shape index (κ2) is 5.36. The normalized spacial score (nSPS) is 17.3. The highest BCUT2D eigenvalue weighted by Crippen LogP contribution is 2.31. The molecule has 1 aliphatic carbocycles. The number of nitrogens with zero attached hydrogens (tertiary/aromatic N) is 1. The molecule has 0 heterocycles. The average molecular weight is 314 g/mol. The zero-order valence-corrected chi connectivity index (χ0v) is 12.7. The number of nitrogens with one attached hydrogen (secondary N) is 1. The summed E-state index contributed by atoms with van der Waals surface area (Å²) in [5.41, 5.74) is -0.236. The van der Waals surface area contributed by atoms with Crippen LogP contribution in [0.15, 0.2) is 17.0 Å². The molecule has 1 saturated carbocycles. The smallest absolute Gasteiger partial charge is 0.273 e. The summed E-state index contributed by atoms with van der Waals surface area (Å²) in [5, 5.41) is 20.9. The van der Waals surface area contributed by atoms with Crippen molar-refractivity contribution in [2.75, 3.05) is 6.54 Å². The van der Waals surface area contributed by atoms with E-state index in [1.54, 1.807) is 13.8 Å². The van der Waals surface area contributed by atoms with Gasteiger partial charge in [0, 0.05) is 18.2 Å². The van der Waals surface area contributed by atoms with E-state index < -0.39 is 20.5 Å². The molecule has 116 valence electrons. The molecule has 0 spiro atoms. The van der Waals surface area contributed by atoms with E-state index in [2.05, 4.69) is 4.72 Å². The molecule has 0 atom stereocenters. The lowest BCUT2D eigenvalue weighted by Crippen LogP contribution is -2.47. The van der Waals surface area contributed by atoms with Gasteiger partial charge in [-0.15, -0.1) is 0 Å². The van der Waals surface area contributed by atoms with Crippen LogP contribution in [0.25, 0.3) is 0 Å². The molecule has 1 aromatic rings. The van der Waals surface area contributed by atoms with Crippen molar-refractivity contribution < 1.29 is 18.4 Å². The third kappa shape index (κ3) is 3.22. The van der Waals surface area contributed by atoms with E-state index in [0.717, 1.165) is 12.5 Å². The summed E-state index contributed by atoms with van der Waals surface area (Å²) in [6, 6.07) is 2.45. The lowest BCUT2D eigenvalue weighted by atomic mass is 9.81. The molecule has 8 heteroatoms. The van der Waals surface area contributed by atoms with Crippen molar-refractivity contribution in [3.63, 3.8) is 0 Å². The van der Waals surface area contributed by atoms with Crippen LogP contribution in [-0.2, 0) is 10.0 Å². The molecule has 2 N–H and O–H groups in total. The number of sulfonamides is 1. The molecule has 1 fully saturated rings. The van der Waals surface area contributed by atoms with Gasteiger partial charge in [0.1, 0.15) is 0 Å². The molecule has 0 bridgehead atoms. The Balaban J connectivity index is 2.29. The van der Waals surface area contributed by atoms with Gasteiger partial charge in [-0.25, -0.2) is 13.1 Å². The number of nitro benzene ring substituents is 1. The zero-order chi connectivity index (χ0) is 15.8. The first-order chi connectivity index (χ1) is 9.65. The minimum atomic E-state index is -3.88. The molecule has 0 amide bonds. The van der Waals surface area contributed by atoms with Gasteiger partial charge in [-0.3, -0.25) is 10.1 Å². The molecule has 2 rings (SSSR count). The second-order valence-electron chi connectivity index (χ2n) is 5.54. The van der Waals surface area contributed by atoms with Gasteiger partial charge < -0.3 is 5.11 Å². The fourth-order valence-corrected chi connectivity index (χ4v) is 3.45. The van der Waals surface area contributed by atoms with Crippen LogP contribution in [0, 0.1) is 24.0 Å². The number of aliphatic hydroxyl groups is 1. The molecular weight excluding hydrogens is 296 g/mol. The number of rotatable bonds is 5. The molecule has 0 aromatic heterocycles. The van der Waals surface area contributed by atoms with Crippen LogP contribution in [0.4, 0.5) is 5.69 Å². The lowest BCUT2D eigenvalue weighted by molar-refractivity contribution is -0.385. The number of nitro groups is 1. The lowest BCUT2D eigenvalue weighted by Gasteiger charge is -2.36. The van der Waals surface area contributed by atoms with E-state index in [9.17, 15) is 23.6 Å². The average Bonchev–Trinajstić information content (AvgIpc) is 2.36. The minimum absolute atomic E-state index is 0.0734. The summed E-state index contributed by atoms with van der Waals surface area (Å²) in [7, 11) is -3.88. The third-order valence-electron chi connectivity index (χ3n) is 4.00. The van der Waals surface area contributed by atoms with Gasteiger partial charge in [0.25, 0.3) is 5.69 Å². The van der Waals surface area contributed by atoms with Crippen LogP contribution in [0.5, 0.6) is 0 Å². The van der Waals surface area contributed by atoms with E-state index in [-0.39, 0.29) is 17.1 Å². The molecule has 0 aliphatic heterocycles. The number of aryl methyl sites for hydroxylation is 1. The van der Waals surface area contributed by atoms with Crippen LogP contribution in [-0.4, -0.2) is 30.6 Å². The molecule has 1 aliphatic rings. The first-order valence-corrected chi connectivity index (χ1v) is 8.11. The van der Waals surface area contributed by atoms with Gasteiger partial charge >= 0.3 is 0 Å². The summed E-state index contributed by atoms with van der Waals surface area (Å²) in [6.07, 6.45) is 1.98. The maximum Gasteiger partial charge on any atom is 0.273 e. The second-order valence-corrected chi connectivity index (χ2v) is 7.31. The molecule has 0 saturated heterocycles. The summed E-state index contributed by atoms with van der Waals surface area (Å²) in [5.74, 6) is 0. The standard InChI is InChI=1S/C13H18N2O5S/c1-9-6-11(7-12(10(9)2)15(17)18)21(19,20)14-8-13(16)4-3-5-13/h6-7,14,16H,3-5,8H2,1-2H3. The minimum Gasteiger partial charge on any atom is -0.389 e. The van der Waals surface area contributed by atoms with Crippen molar-refractivity contribution in [2.45, 2.75) is 43.6 Å². The number of hydrogen-bond donors (Lipinski definition) is 2. The summed E-state index contributed by atoms with van der Waals surface area (Å²) in [6.45, 7) is 3.13. The predicted octanol–water partition coefficient (Wildman–Crippen LogP) is 1.40. The maximum absolute atomic E-state index is 12.2. The van der Waals surface area contributed by atoms with Crippen LogP contribution >= 0.6 is 0 Å². The topological polar surface area (TPSA) is 110 Å².